The number of anilines is 1. The monoisotopic (exact) mass is 278 g/mol. The van der Waals surface area contributed by atoms with Crippen LogP contribution in [0.3, 0.4) is 0 Å². The predicted octanol–water partition coefficient (Wildman–Crippen LogP) is 2.81. The van der Waals surface area contributed by atoms with Crippen LogP contribution in [0.25, 0.3) is 0 Å². The molecule has 0 saturated carbocycles. The summed E-state index contributed by atoms with van der Waals surface area (Å²) in [5.41, 5.74) is 2.34. The second kappa shape index (κ2) is 6.14. The maximum absolute atomic E-state index is 13.2. The Hall–Kier alpha value is -2.44. The number of rotatable bonds is 6. The third kappa shape index (κ3) is 3.53. The first-order valence-corrected chi connectivity index (χ1v) is 6.24. The van der Waals surface area contributed by atoms with Gasteiger partial charge in [0.05, 0.1) is 17.2 Å². The van der Waals surface area contributed by atoms with Gasteiger partial charge in [0.15, 0.2) is 0 Å². The maximum Gasteiger partial charge on any atom is 0.274 e. The largest absolute Gasteiger partial charge is 0.385 e. The lowest BCUT2D eigenvalue weighted by molar-refractivity contribution is -0.385. The van der Waals surface area contributed by atoms with Crippen molar-refractivity contribution in [3.63, 3.8) is 0 Å². The summed E-state index contributed by atoms with van der Waals surface area (Å²) in [6.45, 7) is 2.55. The third-order valence-corrected chi connectivity index (χ3v) is 2.98. The molecule has 1 aromatic heterocycles. The van der Waals surface area contributed by atoms with Gasteiger partial charge in [-0.05, 0) is 31.4 Å². The SMILES string of the molecule is Cc1[nH]ncc1CCCNc1cc(F)cc([N+](=O)[O-])c1. The molecule has 2 aromatic rings. The molecule has 20 heavy (non-hydrogen) atoms. The molecule has 0 aliphatic rings. The quantitative estimate of drug-likeness (QED) is 0.483. The van der Waals surface area contributed by atoms with Gasteiger partial charge in [-0.3, -0.25) is 15.2 Å². The molecule has 0 spiro atoms. The Balaban J connectivity index is 1.88. The lowest BCUT2D eigenvalue weighted by Gasteiger charge is -2.06. The summed E-state index contributed by atoms with van der Waals surface area (Å²) in [5, 5.41) is 20.4. The number of nitrogens with one attached hydrogen (secondary N) is 2. The van der Waals surface area contributed by atoms with Crippen LogP contribution in [0, 0.1) is 22.9 Å². The van der Waals surface area contributed by atoms with Crippen molar-refractivity contribution in [3.05, 3.63) is 51.6 Å². The molecule has 0 bridgehead atoms. The molecule has 1 heterocycles. The van der Waals surface area contributed by atoms with Gasteiger partial charge in [-0.15, -0.1) is 0 Å². The van der Waals surface area contributed by atoms with Crippen molar-refractivity contribution in [1.29, 1.82) is 0 Å². The molecule has 7 heteroatoms. The molecule has 0 aliphatic heterocycles. The van der Waals surface area contributed by atoms with Crippen LogP contribution in [0.1, 0.15) is 17.7 Å². The van der Waals surface area contributed by atoms with Crippen molar-refractivity contribution in [3.8, 4) is 0 Å². The molecule has 0 saturated heterocycles. The van der Waals surface area contributed by atoms with Gasteiger partial charge in [0.2, 0.25) is 0 Å². The van der Waals surface area contributed by atoms with Crippen LogP contribution >= 0.6 is 0 Å². The molecule has 2 rings (SSSR count). The summed E-state index contributed by atoms with van der Waals surface area (Å²) in [6.07, 6.45) is 3.44. The van der Waals surface area contributed by atoms with Crippen LogP contribution < -0.4 is 5.32 Å². The first-order valence-electron chi connectivity index (χ1n) is 6.24. The predicted molar refractivity (Wildman–Crippen MR) is 73.2 cm³/mol. The van der Waals surface area contributed by atoms with Gasteiger partial charge in [-0.1, -0.05) is 0 Å². The standard InChI is InChI=1S/C13H15FN4O2/c1-9-10(8-16-17-9)3-2-4-15-12-5-11(14)6-13(7-12)18(19)20/h5-8,15H,2-4H2,1H3,(H,16,17). The Morgan fingerprint density at radius 2 is 2.25 bits per heavy atom. The number of benzene rings is 1. The Kier molecular flexibility index (Phi) is 4.29. The zero-order valence-electron chi connectivity index (χ0n) is 11.0. The number of hydrogen-bond donors (Lipinski definition) is 2. The van der Waals surface area contributed by atoms with E-state index in [1.807, 2.05) is 6.92 Å². The number of hydrogen-bond acceptors (Lipinski definition) is 4. The average Bonchev–Trinajstić information content (AvgIpc) is 2.80. The zero-order valence-corrected chi connectivity index (χ0v) is 11.0. The summed E-state index contributed by atoms with van der Waals surface area (Å²) in [7, 11) is 0. The number of nitro benzene ring substituents is 1. The molecule has 0 amide bonds. The van der Waals surface area contributed by atoms with E-state index in [1.165, 1.54) is 12.1 Å². The Morgan fingerprint density at radius 1 is 1.45 bits per heavy atom. The van der Waals surface area contributed by atoms with Crippen LogP contribution in [-0.2, 0) is 6.42 Å². The number of aromatic nitrogens is 2. The molecule has 0 aliphatic carbocycles. The molecule has 2 N–H and O–H groups in total. The number of halogens is 1. The molecule has 0 fully saturated rings. The van der Waals surface area contributed by atoms with Gasteiger partial charge in [-0.2, -0.15) is 5.10 Å². The number of nitro groups is 1. The molecule has 0 unspecified atom stereocenters. The number of H-pyrrole nitrogens is 1. The fourth-order valence-electron chi connectivity index (χ4n) is 1.92. The Morgan fingerprint density at radius 3 is 2.90 bits per heavy atom. The number of non-ortho nitro benzene ring substituents is 1. The van der Waals surface area contributed by atoms with Crippen LogP contribution in [0.5, 0.6) is 0 Å². The van der Waals surface area contributed by atoms with Gasteiger partial charge in [0, 0.05) is 24.0 Å². The highest BCUT2D eigenvalue weighted by molar-refractivity contribution is 5.51. The second-order valence-electron chi connectivity index (χ2n) is 4.51. The summed E-state index contributed by atoms with van der Waals surface area (Å²) in [5.74, 6) is -0.618. The van der Waals surface area contributed by atoms with E-state index in [2.05, 4.69) is 15.5 Å². The highest BCUT2D eigenvalue weighted by Crippen LogP contribution is 2.20. The topological polar surface area (TPSA) is 83.8 Å². The Bertz CT molecular complexity index is 612. The summed E-state index contributed by atoms with van der Waals surface area (Å²) in [6, 6.07) is 3.47. The number of aromatic amines is 1. The van der Waals surface area contributed by atoms with E-state index < -0.39 is 10.7 Å². The van der Waals surface area contributed by atoms with E-state index in [-0.39, 0.29) is 5.69 Å². The molecule has 106 valence electrons. The van der Waals surface area contributed by atoms with Gasteiger partial charge in [0.25, 0.3) is 5.69 Å². The second-order valence-corrected chi connectivity index (χ2v) is 4.51. The van der Waals surface area contributed by atoms with Gasteiger partial charge < -0.3 is 5.32 Å². The van der Waals surface area contributed by atoms with E-state index in [1.54, 1.807) is 6.20 Å². The van der Waals surface area contributed by atoms with Crippen molar-refractivity contribution in [2.75, 3.05) is 11.9 Å². The molecule has 6 nitrogen and oxygen atoms in total. The van der Waals surface area contributed by atoms with Crippen LogP contribution in [0.4, 0.5) is 15.8 Å². The van der Waals surface area contributed by atoms with Crippen molar-refractivity contribution in [1.82, 2.24) is 10.2 Å². The number of aryl methyl sites for hydroxylation is 2. The van der Waals surface area contributed by atoms with Crippen molar-refractivity contribution < 1.29 is 9.31 Å². The van der Waals surface area contributed by atoms with Crippen molar-refractivity contribution in [2.45, 2.75) is 19.8 Å². The van der Waals surface area contributed by atoms with Gasteiger partial charge in [0.1, 0.15) is 5.82 Å². The first kappa shape index (κ1) is 14.0. The average molecular weight is 278 g/mol. The fourth-order valence-corrected chi connectivity index (χ4v) is 1.92. The smallest absolute Gasteiger partial charge is 0.274 e. The van der Waals surface area contributed by atoms with Crippen LogP contribution in [-0.4, -0.2) is 21.7 Å². The first-order chi connectivity index (χ1) is 9.56. The zero-order chi connectivity index (χ0) is 14.5. The normalized spacial score (nSPS) is 10.5. The molecular formula is C13H15FN4O2. The van der Waals surface area contributed by atoms with Crippen molar-refractivity contribution in [2.24, 2.45) is 0 Å². The summed E-state index contributed by atoms with van der Waals surface area (Å²) >= 11 is 0. The molecule has 0 radical (unpaired) electrons. The van der Waals surface area contributed by atoms with Crippen molar-refractivity contribution >= 4 is 11.4 Å². The summed E-state index contributed by atoms with van der Waals surface area (Å²) in [4.78, 5) is 10.0. The third-order valence-electron chi connectivity index (χ3n) is 2.98. The Labute approximate surface area is 115 Å². The van der Waals surface area contributed by atoms with E-state index in [4.69, 9.17) is 0 Å². The highest BCUT2D eigenvalue weighted by Gasteiger charge is 2.09. The lowest BCUT2D eigenvalue weighted by Crippen LogP contribution is -2.04. The minimum Gasteiger partial charge on any atom is -0.385 e. The van der Waals surface area contributed by atoms with E-state index in [9.17, 15) is 14.5 Å². The fraction of sp³-hybridized carbons (Fsp3) is 0.308. The van der Waals surface area contributed by atoms with Gasteiger partial charge >= 0.3 is 0 Å². The molecule has 1 aromatic carbocycles. The number of nitrogens with zero attached hydrogens (tertiary/aromatic N) is 2. The van der Waals surface area contributed by atoms with Gasteiger partial charge in [-0.25, -0.2) is 4.39 Å². The minimum absolute atomic E-state index is 0.252. The van der Waals surface area contributed by atoms with Crippen LogP contribution in [0.2, 0.25) is 0 Å². The van der Waals surface area contributed by atoms with E-state index >= 15 is 0 Å². The lowest BCUT2D eigenvalue weighted by atomic mass is 10.1. The maximum atomic E-state index is 13.2. The van der Waals surface area contributed by atoms with E-state index in [0.717, 1.165) is 30.2 Å². The molecule has 0 atom stereocenters. The van der Waals surface area contributed by atoms with E-state index in [0.29, 0.717) is 12.2 Å². The minimum atomic E-state index is -0.618. The summed E-state index contributed by atoms with van der Waals surface area (Å²) < 4.78 is 13.2. The van der Waals surface area contributed by atoms with Crippen LogP contribution in [0.15, 0.2) is 24.4 Å². The molecular weight excluding hydrogens is 263 g/mol. The highest BCUT2D eigenvalue weighted by atomic mass is 19.1.